The van der Waals surface area contributed by atoms with E-state index in [1.807, 2.05) is 7.11 Å². The molecule has 18 heavy (non-hydrogen) atoms. The first-order valence-electron chi connectivity index (χ1n) is 7.74. The molecule has 1 N–H and O–H groups in total. The Hall–Kier alpha value is -0.120. The van der Waals surface area contributed by atoms with Gasteiger partial charge in [-0.25, -0.2) is 0 Å². The van der Waals surface area contributed by atoms with Crippen molar-refractivity contribution in [2.24, 2.45) is 5.92 Å². The zero-order valence-corrected chi connectivity index (χ0v) is 12.6. The zero-order chi connectivity index (χ0) is 13.2. The topological polar surface area (TPSA) is 24.5 Å². The van der Waals surface area contributed by atoms with E-state index in [-0.39, 0.29) is 0 Å². The van der Waals surface area contributed by atoms with Crippen LogP contribution in [0.4, 0.5) is 0 Å². The first kappa shape index (κ1) is 15.9. The molecule has 1 saturated heterocycles. The van der Waals surface area contributed by atoms with Crippen molar-refractivity contribution in [2.75, 3.05) is 39.9 Å². The Kier molecular flexibility index (Phi) is 8.64. The molecule has 3 nitrogen and oxygen atoms in total. The molecule has 1 unspecified atom stereocenters. The standard InChI is InChI=1S/C15H32N2O/c1-4-15(16-5-2)7-6-10-17-11-8-14(9-12-17)13-18-3/h14-16H,4-13H2,1-3H3. The summed E-state index contributed by atoms with van der Waals surface area (Å²) in [6.45, 7) is 10.3. The van der Waals surface area contributed by atoms with Crippen LogP contribution in [0.5, 0.6) is 0 Å². The molecular formula is C15H32N2O. The predicted octanol–water partition coefficient (Wildman–Crippen LogP) is 2.51. The maximum absolute atomic E-state index is 5.24. The fraction of sp³-hybridized carbons (Fsp3) is 1.00. The highest BCUT2D eigenvalue weighted by molar-refractivity contribution is 4.73. The van der Waals surface area contributed by atoms with E-state index in [9.17, 15) is 0 Å². The molecule has 1 heterocycles. The smallest absolute Gasteiger partial charge is 0.0491 e. The highest BCUT2D eigenvalue weighted by Crippen LogP contribution is 2.17. The van der Waals surface area contributed by atoms with Crippen molar-refractivity contribution in [1.29, 1.82) is 0 Å². The minimum atomic E-state index is 0.723. The largest absolute Gasteiger partial charge is 0.384 e. The second kappa shape index (κ2) is 9.76. The number of hydrogen-bond donors (Lipinski definition) is 1. The van der Waals surface area contributed by atoms with E-state index < -0.39 is 0 Å². The minimum Gasteiger partial charge on any atom is -0.384 e. The molecule has 1 aliphatic rings. The molecule has 0 amide bonds. The second-order valence-electron chi connectivity index (χ2n) is 5.55. The van der Waals surface area contributed by atoms with E-state index in [4.69, 9.17) is 4.74 Å². The Bertz CT molecular complexity index is 191. The summed E-state index contributed by atoms with van der Waals surface area (Å²) in [6.07, 6.45) is 6.54. The Morgan fingerprint density at radius 1 is 1.28 bits per heavy atom. The molecule has 0 aromatic heterocycles. The molecule has 0 saturated carbocycles. The van der Waals surface area contributed by atoms with Crippen LogP contribution in [0.1, 0.15) is 46.0 Å². The van der Waals surface area contributed by atoms with Gasteiger partial charge >= 0.3 is 0 Å². The Morgan fingerprint density at radius 3 is 2.56 bits per heavy atom. The van der Waals surface area contributed by atoms with Crippen LogP contribution in [0, 0.1) is 5.92 Å². The van der Waals surface area contributed by atoms with Gasteiger partial charge in [-0.15, -0.1) is 0 Å². The molecule has 0 aliphatic carbocycles. The van der Waals surface area contributed by atoms with Crippen LogP contribution < -0.4 is 5.32 Å². The van der Waals surface area contributed by atoms with Gasteiger partial charge in [0.15, 0.2) is 0 Å². The summed E-state index contributed by atoms with van der Waals surface area (Å²) >= 11 is 0. The van der Waals surface area contributed by atoms with Gasteiger partial charge in [-0.3, -0.25) is 0 Å². The van der Waals surface area contributed by atoms with Crippen molar-refractivity contribution in [3.8, 4) is 0 Å². The van der Waals surface area contributed by atoms with Crippen LogP contribution in [0.25, 0.3) is 0 Å². The van der Waals surface area contributed by atoms with Crippen LogP contribution in [0.2, 0.25) is 0 Å². The fourth-order valence-corrected chi connectivity index (χ4v) is 2.91. The molecule has 1 rings (SSSR count). The second-order valence-corrected chi connectivity index (χ2v) is 5.55. The molecule has 0 aromatic carbocycles. The van der Waals surface area contributed by atoms with Gasteiger partial charge in [-0.05, 0) is 64.2 Å². The highest BCUT2D eigenvalue weighted by Gasteiger charge is 2.18. The molecule has 1 atom stereocenters. The van der Waals surface area contributed by atoms with Crippen LogP contribution in [-0.2, 0) is 4.74 Å². The summed E-state index contributed by atoms with van der Waals surface area (Å²) < 4.78 is 5.24. The number of nitrogens with one attached hydrogen (secondary N) is 1. The van der Waals surface area contributed by atoms with Gasteiger partial charge in [0.05, 0.1) is 0 Å². The van der Waals surface area contributed by atoms with Crippen molar-refractivity contribution >= 4 is 0 Å². The van der Waals surface area contributed by atoms with E-state index in [0.717, 1.165) is 25.1 Å². The van der Waals surface area contributed by atoms with E-state index in [1.165, 1.54) is 51.7 Å². The monoisotopic (exact) mass is 256 g/mol. The normalized spacial score (nSPS) is 20.2. The molecule has 0 bridgehead atoms. The lowest BCUT2D eigenvalue weighted by Gasteiger charge is -2.31. The Balaban J connectivity index is 2.06. The van der Waals surface area contributed by atoms with Crippen molar-refractivity contribution in [3.63, 3.8) is 0 Å². The number of methoxy groups -OCH3 is 1. The quantitative estimate of drug-likeness (QED) is 0.686. The lowest BCUT2D eigenvalue weighted by atomic mass is 9.97. The Labute approximate surface area is 113 Å². The summed E-state index contributed by atoms with van der Waals surface area (Å²) in [5.41, 5.74) is 0. The average Bonchev–Trinajstić information content (AvgIpc) is 2.40. The third-order valence-electron chi connectivity index (χ3n) is 4.12. The summed E-state index contributed by atoms with van der Waals surface area (Å²) in [6, 6.07) is 0.723. The van der Waals surface area contributed by atoms with Crippen molar-refractivity contribution in [1.82, 2.24) is 10.2 Å². The van der Waals surface area contributed by atoms with Gasteiger partial charge in [-0.2, -0.15) is 0 Å². The average molecular weight is 256 g/mol. The summed E-state index contributed by atoms with van der Waals surface area (Å²) in [4.78, 5) is 2.63. The SMILES string of the molecule is CCNC(CC)CCCN1CCC(COC)CC1. The fourth-order valence-electron chi connectivity index (χ4n) is 2.91. The van der Waals surface area contributed by atoms with Crippen molar-refractivity contribution in [2.45, 2.75) is 52.0 Å². The van der Waals surface area contributed by atoms with Gasteiger partial charge < -0.3 is 15.0 Å². The molecule has 0 spiro atoms. The lowest BCUT2D eigenvalue weighted by molar-refractivity contribution is 0.0985. The van der Waals surface area contributed by atoms with Crippen molar-refractivity contribution < 1.29 is 4.74 Å². The summed E-state index contributed by atoms with van der Waals surface area (Å²) in [5.74, 6) is 0.802. The highest BCUT2D eigenvalue weighted by atomic mass is 16.5. The molecule has 108 valence electrons. The van der Waals surface area contributed by atoms with Crippen LogP contribution in [0.15, 0.2) is 0 Å². The number of piperidine rings is 1. The Morgan fingerprint density at radius 2 is 2.00 bits per heavy atom. The van der Waals surface area contributed by atoms with E-state index >= 15 is 0 Å². The number of likely N-dealkylation sites (tertiary alicyclic amines) is 1. The number of hydrogen-bond acceptors (Lipinski definition) is 3. The number of nitrogens with zero attached hydrogens (tertiary/aromatic N) is 1. The summed E-state index contributed by atoms with van der Waals surface area (Å²) in [7, 11) is 1.82. The molecule has 0 aromatic rings. The van der Waals surface area contributed by atoms with E-state index in [1.54, 1.807) is 0 Å². The van der Waals surface area contributed by atoms with Gasteiger partial charge in [0.1, 0.15) is 0 Å². The number of rotatable bonds is 9. The molecular weight excluding hydrogens is 224 g/mol. The minimum absolute atomic E-state index is 0.723. The van der Waals surface area contributed by atoms with Gasteiger partial charge in [-0.1, -0.05) is 13.8 Å². The van der Waals surface area contributed by atoms with Gasteiger partial charge in [0.25, 0.3) is 0 Å². The molecule has 0 radical (unpaired) electrons. The third-order valence-corrected chi connectivity index (χ3v) is 4.12. The maximum atomic E-state index is 5.24. The molecule has 3 heteroatoms. The lowest BCUT2D eigenvalue weighted by Crippen LogP contribution is -2.36. The first-order chi connectivity index (χ1) is 8.80. The number of ether oxygens (including phenoxy) is 1. The van der Waals surface area contributed by atoms with Crippen LogP contribution in [-0.4, -0.2) is 50.8 Å². The van der Waals surface area contributed by atoms with E-state index in [2.05, 4.69) is 24.1 Å². The van der Waals surface area contributed by atoms with Crippen molar-refractivity contribution in [3.05, 3.63) is 0 Å². The van der Waals surface area contributed by atoms with Crippen LogP contribution in [0.3, 0.4) is 0 Å². The summed E-state index contributed by atoms with van der Waals surface area (Å²) in [5, 5.41) is 3.56. The van der Waals surface area contributed by atoms with Gasteiger partial charge in [0.2, 0.25) is 0 Å². The third kappa shape index (κ3) is 6.17. The molecule has 1 fully saturated rings. The van der Waals surface area contributed by atoms with E-state index in [0.29, 0.717) is 0 Å². The van der Waals surface area contributed by atoms with Crippen LogP contribution >= 0.6 is 0 Å². The maximum Gasteiger partial charge on any atom is 0.0491 e. The van der Waals surface area contributed by atoms with Gasteiger partial charge in [0, 0.05) is 19.8 Å². The zero-order valence-electron chi connectivity index (χ0n) is 12.6. The molecule has 1 aliphatic heterocycles. The predicted molar refractivity (Wildman–Crippen MR) is 78.0 cm³/mol. The first-order valence-corrected chi connectivity index (χ1v) is 7.74.